The second-order valence-electron chi connectivity index (χ2n) is 12.9. The fraction of sp³-hybridized carbons (Fsp3) is 0.250. The number of esters is 1. The standard InChI is InChI=1S/C15H17ClN2O3.C15H15F2N3O.C14H13FN2O2.2C2H6/c1-9(15(20)21)5-14(19)12-4-3-11(16)6-13(12)10(7-17)8-18-2;1-9(6-18)3-15(21)12-5-14(17)13(16)4-11(12)10(7-19)8-20-2;1-8-4-13(19-14(8)18)12-5-10(15)2-3-11(12)9(6-16)7-17;2*1-2/h3-4,6-8,14,19H,1,5,17H2,2H3,(H,20,21);4-5,7-8,15,21H,1,3,19H2,2H3;2-3,5-7,13,16H,1,4,17H2;2*1-2H3/b10-7+,18-8?;10-7+,20-8?;9-7+,16-6?;;. The monoisotopic (exact) mass is 919 g/mol. The quantitative estimate of drug-likeness (QED) is 0.0349. The summed E-state index contributed by atoms with van der Waals surface area (Å²) in [6.45, 7) is 18.5. The molecule has 0 radical (unpaired) electrons. The molecule has 1 heterocycles. The van der Waals surface area contributed by atoms with Gasteiger partial charge in [0.15, 0.2) is 11.6 Å². The summed E-state index contributed by atoms with van der Waals surface area (Å²) in [5.41, 5.74) is 20.7. The highest BCUT2D eigenvalue weighted by atomic mass is 35.5. The number of aliphatic imine (C=N–C) groups is 2. The van der Waals surface area contributed by atoms with Crippen LogP contribution in [-0.4, -0.2) is 60.0 Å². The van der Waals surface area contributed by atoms with Gasteiger partial charge < -0.3 is 42.7 Å². The van der Waals surface area contributed by atoms with Crippen LogP contribution < -0.4 is 17.2 Å². The van der Waals surface area contributed by atoms with Crippen LogP contribution in [0, 0.1) is 34.2 Å². The summed E-state index contributed by atoms with van der Waals surface area (Å²) in [4.78, 5) is 29.8. The second kappa shape index (κ2) is 30.1. The second-order valence-corrected chi connectivity index (χ2v) is 13.3. The molecule has 4 rings (SSSR count). The molecule has 1 aliphatic heterocycles. The summed E-state index contributed by atoms with van der Waals surface area (Å²) < 4.78 is 45.4. The normalized spacial score (nSPS) is 14.4. The number of carbonyl (C=O) groups excluding carboxylic acids is 1. The van der Waals surface area contributed by atoms with Gasteiger partial charge in [-0.3, -0.25) is 9.98 Å². The lowest BCUT2D eigenvalue weighted by atomic mass is 9.93. The number of halogens is 4. The van der Waals surface area contributed by atoms with E-state index in [2.05, 4.69) is 29.7 Å². The molecule has 1 saturated heterocycles. The SMILES string of the molecule is C=C(C#N)CC(O)c1cc(F)c(F)cc1/C(C=NC)=C/N.C=C(CC(O)c1ccc(Cl)cc1/C(C=NC)=C/N)C(=O)O.C=C1CC(c2cc(F)ccc2/C(C=N)=C/N)OC1=O.CC.CC. The highest BCUT2D eigenvalue weighted by molar-refractivity contribution is 6.31. The number of carbonyl (C=O) groups is 2. The van der Waals surface area contributed by atoms with Crippen LogP contribution in [-0.2, 0) is 14.3 Å². The Labute approximate surface area is 383 Å². The molecule has 10 N–H and O–H groups in total. The Hall–Kier alpha value is -7.06. The number of rotatable bonds is 14. The number of nitriles is 1. The summed E-state index contributed by atoms with van der Waals surface area (Å²) in [7, 11) is 3.09. The van der Waals surface area contributed by atoms with Gasteiger partial charge in [-0.15, -0.1) is 0 Å². The maximum Gasteiger partial charge on any atom is 0.334 e. The average Bonchev–Trinajstić information content (AvgIpc) is 3.64. The first-order chi connectivity index (χ1) is 30.9. The molecule has 0 spiro atoms. The van der Waals surface area contributed by atoms with Gasteiger partial charge in [-0.1, -0.05) is 71.2 Å². The average molecular weight is 920 g/mol. The molecule has 348 valence electrons. The van der Waals surface area contributed by atoms with Crippen LogP contribution in [0.1, 0.15) is 98.7 Å². The van der Waals surface area contributed by atoms with E-state index in [1.807, 2.05) is 27.7 Å². The Kier molecular flexibility index (Phi) is 26.8. The number of carboxylic acids is 1. The van der Waals surface area contributed by atoms with Gasteiger partial charge in [-0.2, -0.15) is 5.26 Å². The zero-order valence-corrected chi connectivity index (χ0v) is 38.0. The number of cyclic esters (lactones) is 1. The van der Waals surface area contributed by atoms with Crippen molar-refractivity contribution in [3.8, 4) is 6.07 Å². The van der Waals surface area contributed by atoms with E-state index in [-0.39, 0.29) is 35.1 Å². The first kappa shape index (κ1) is 57.9. The number of allylic oxidation sites excluding steroid dienone is 3. The van der Waals surface area contributed by atoms with Gasteiger partial charge in [0.05, 0.1) is 18.3 Å². The lowest BCUT2D eigenvalue weighted by Gasteiger charge is -2.16. The van der Waals surface area contributed by atoms with Gasteiger partial charge in [-0.05, 0) is 64.2 Å². The maximum atomic E-state index is 13.4. The Morgan fingerprint density at radius 1 is 0.877 bits per heavy atom. The van der Waals surface area contributed by atoms with Crippen molar-refractivity contribution in [3.05, 3.63) is 159 Å². The molecule has 1 fully saturated rings. The van der Waals surface area contributed by atoms with Crippen LogP contribution in [0.3, 0.4) is 0 Å². The smallest absolute Gasteiger partial charge is 0.334 e. The molecule has 3 atom stereocenters. The number of carboxylic acid groups (broad SMARTS) is 1. The van der Waals surface area contributed by atoms with E-state index >= 15 is 0 Å². The lowest BCUT2D eigenvalue weighted by molar-refractivity contribution is -0.139. The van der Waals surface area contributed by atoms with E-state index in [1.165, 1.54) is 56.3 Å². The van der Waals surface area contributed by atoms with E-state index in [4.69, 9.17) is 49.3 Å². The zero-order valence-electron chi connectivity index (χ0n) is 37.2. The molecular weight excluding hydrogens is 863 g/mol. The van der Waals surface area contributed by atoms with Gasteiger partial charge in [-0.25, -0.2) is 22.8 Å². The van der Waals surface area contributed by atoms with Crippen molar-refractivity contribution in [2.75, 3.05) is 14.1 Å². The van der Waals surface area contributed by atoms with E-state index < -0.39 is 47.7 Å². The zero-order chi connectivity index (χ0) is 50.0. The number of aliphatic carboxylic acids is 1. The minimum atomic E-state index is -1.21. The number of aliphatic hydroxyl groups excluding tert-OH is 2. The molecule has 0 aromatic heterocycles. The van der Waals surface area contributed by atoms with Crippen LogP contribution in [0.5, 0.6) is 0 Å². The number of aliphatic hydroxyl groups is 2. The lowest BCUT2D eigenvalue weighted by Crippen LogP contribution is -2.08. The van der Waals surface area contributed by atoms with Crippen LogP contribution >= 0.6 is 11.6 Å². The van der Waals surface area contributed by atoms with Crippen molar-refractivity contribution >= 4 is 58.9 Å². The Morgan fingerprint density at radius 2 is 1.40 bits per heavy atom. The fourth-order valence-electron chi connectivity index (χ4n) is 5.67. The highest BCUT2D eigenvalue weighted by Gasteiger charge is 2.31. The molecule has 3 aromatic carbocycles. The van der Waals surface area contributed by atoms with Gasteiger partial charge in [0.1, 0.15) is 11.9 Å². The van der Waals surface area contributed by atoms with Crippen LogP contribution in [0.25, 0.3) is 16.7 Å². The van der Waals surface area contributed by atoms with E-state index in [0.717, 1.165) is 18.3 Å². The van der Waals surface area contributed by atoms with Crippen LogP contribution in [0.2, 0.25) is 5.02 Å². The Bertz CT molecular complexity index is 2350. The van der Waals surface area contributed by atoms with Gasteiger partial charge >= 0.3 is 11.9 Å². The Morgan fingerprint density at radius 3 is 1.86 bits per heavy atom. The third kappa shape index (κ3) is 17.6. The predicted octanol–water partition coefficient (Wildman–Crippen LogP) is 9.24. The van der Waals surface area contributed by atoms with E-state index in [1.54, 1.807) is 31.3 Å². The number of nitrogens with two attached hydrogens (primary N) is 3. The molecule has 3 aromatic rings. The van der Waals surface area contributed by atoms with E-state index in [0.29, 0.717) is 56.0 Å². The van der Waals surface area contributed by atoms with Gasteiger partial charge in [0.25, 0.3) is 0 Å². The van der Waals surface area contributed by atoms with Crippen molar-refractivity contribution in [2.45, 2.75) is 65.3 Å². The number of nitrogens with zero attached hydrogens (tertiary/aromatic N) is 3. The minimum Gasteiger partial charge on any atom is -0.478 e. The topological polar surface area (TPSA) is 254 Å². The van der Waals surface area contributed by atoms with Crippen molar-refractivity contribution in [1.82, 2.24) is 0 Å². The predicted molar refractivity (Wildman–Crippen MR) is 254 cm³/mol. The fourth-order valence-corrected chi connectivity index (χ4v) is 5.84. The van der Waals surface area contributed by atoms with Crippen molar-refractivity contribution in [1.29, 1.82) is 10.7 Å². The first-order valence-electron chi connectivity index (χ1n) is 19.8. The molecule has 3 unspecified atom stereocenters. The number of hydrogen-bond donors (Lipinski definition) is 7. The third-order valence-electron chi connectivity index (χ3n) is 8.66. The summed E-state index contributed by atoms with van der Waals surface area (Å²) in [5, 5.41) is 45.7. The van der Waals surface area contributed by atoms with Crippen LogP contribution in [0.4, 0.5) is 13.2 Å². The van der Waals surface area contributed by atoms with Gasteiger partial charge in [0, 0.05) is 115 Å². The Balaban J connectivity index is 0.000000909. The van der Waals surface area contributed by atoms with E-state index in [9.17, 15) is 33.0 Å². The first-order valence-corrected chi connectivity index (χ1v) is 20.2. The largest absolute Gasteiger partial charge is 0.478 e. The van der Waals surface area contributed by atoms with Crippen molar-refractivity contribution in [2.24, 2.45) is 27.2 Å². The molecule has 0 amide bonds. The minimum absolute atomic E-state index is 0.0779. The third-order valence-corrected chi connectivity index (χ3v) is 8.89. The van der Waals surface area contributed by atoms with Gasteiger partial charge in [0.2, 0.25) is 0 Å². The summed E-state index contributed by atoms with van der Waals surface area (Å²) in [6.07, 6.45) is 5.07. The molecule has 65 heavy (non-hydrogen) atoms. The number of ether oxygens (including phenoxy) is 1. The highest BCUT2D eigenvalue weighted by Crippen LogP contribution is 2.36. The van der Waals surface area contributed by atoms with Crippen molar-refractivity contribution < 1.29 is 42.8 Å². The van der Waals surface area contributed by atoms with Crippen LogP contribution in [0.15, 0.2) is 114 Å². The molecule has 0 bridgehead atoms. The number of benzene rings is 3. The van der Waals surface area contributed by atoms with Crippen molar-refractivity contribution in [3.63, 3.8) is 0 Å². The molecule has 1 aliphatic rings. The number of nitrogens with one attached hydrogen (secondary N) is 1. The molecule has 13 nitrogen and oxygen atoms in total. The maximum absolute atomic E-state index is 13.4. The summed E-state index contributed by atoms with van der Waals surface area (Å²) in [5.74, 6) is -4.22. The molecule has 17 heteroatoms. The summed E-state index contributed by atoms with van der Waals surface area (Å²) >= 11 is 5.97. The molecule has 0 saturated carbocycles. The molecular formula is C48H57ClF3N7O6. The number of hydrogen-bond acceptors (Lipinski definition) is 12. The molecule has 0 aliphatic carbocycles. The summed E-state index contributed by atoms with van der Waals surface area (Å²) in [6, 6.07) is 12.6.